The molecule has 0 bridgehead atoms. The van der Waals surface area contributed by atoms with Crippen molar-refractivity contribution in [3.05, 3.63) is 21.7 Å². The van der Waals surface area contributed by atoms with E-state index in [4.69, 9.17) is 10.5 Å². The molecule has 0 saturated heterocycles. The quantitative estimate of drug-likeness (QED) is 0.410. The highest BCUT2D eigenvalue weighted by atomic mass is 79.9. The van der Waals surface area contributed by atoms with E-state index in [0.29, 0.717) is 0 Å². The second-order valence-corrected chi connectivity index (χ2v) is 3.76. The maximum atomic E-state index is 11.1. The van der Waals surface area contributed by atoms with Crippen LogP contribution in [0.25, 0.3) is 0 Å². The summed E-state index contributed by atoms with van der Waals surface area (Å²) in [5, 5.41) is 17.8. The first kappa shape index (κ1) is 11.9. The van der Waals surface area contributed by atoms with Crippen LogP contribution in [0.1, 0.15) is 11.1 Å². The molecule has 0 atom stereocenters. The van der Waals surface area contributed by atoms with Crippen LogP contribution < -0.4 is 9.47 Å². The molecule has 1 aliphatic rings. The maximum absolute atomic E-state index is 11.1. The minimum Gasteiger partial charge on any atom is -0.390 e. The molecule has 0 aliphatic carbocycles. The summed E-state index contributed by atoms with van der Waals surface area (Å²) in [5.74, 6) is -0.513. The number of halogens is 1. The molecule has 1 aliphatic heterocycles. The van der Waals surface area contributed by atoms with Gasteiger partial charge in [0.05, 0.1) is 10.0 Å². The Hall–Kier alpha value is -2.58. The van der Waals surface area contributed by atoms with Crippen molar-refractivity contribution in [1.29, 1.82) is 10.5 Å². The number of benzene rings is 1. The number of nitrogens with zero attached hydrogens (tertiary/aromatic N) is 2. The molecule has 7 nitrogen and oxygen atoms in total. The molecule has 88 valence electrons. The van der Waals surface area contributed by atoms with Crippen LogP contribution in [-0.2, 0) is 4.74 Å². The molecular weight excluding hydrogens is 308 g/mol. The normalized spacial score (nSPS) is 13.1. The minimum atomic E-state index is -1.31. The van der Waals surface area contributed by atoms with Crippen molar-refractivity contribution in [2.45, 2.75) is 0 Å². The Morgan fingerprint density at radius 2 is 1.72 bits per heavy atom. The zero-order valence-electron chi connectivity index (χ0n) is 8.39. The number of carbonyl (C=O) groups is 2. The number of carbonyl (C=O) groups excluding carboxylic acids is 2. The van der Waals surface area contributed by atoms with E-state index in [1.807, 2.05) is 0 Å². The van der Waals surface area contributed by atoms with Gasteiger partial charge in [-0.1, -0.05) is 0 Å². The third-order valence-corrected chi connectivity index (χ3v) is 2.78. The van der Waals surface area contributed by atoms with E-state index in [1.54, 1.807) is 12.1 Å². The summed E-state index contributed by atoms with van der Waals surface area (Å²) in [5.41, 5.74) is -0.0910. The Morgan fingerprint density at radius 3 is 2.33 bits per heavy atom. The molecule has 0 amide bonds. The van der Waals surface area contributed by atoms with Crippen molar-refractivity contribution in [3.8, 4) is 23.6 Å². The molecular formula is C10HBrN2O5. The fourth-order valence-electron chi connectivity index (χ4n) is 1.26. The molecule has 1 heterocycles. The summed E-state index contributed by atoms with van der Waals surface area (Å²) in [6, 6.07) is 4.69. The first-order valence-electron chi connectivity index (χ1n) is 4.35. The highest BCUT2D eigenvalue weighted by Crippen LogP contribution is 2.39. The van der Waals surface area contributed by atoms with Crippen molar-refractivity contribution >= 4 is 28.2 Å². The number of cyclic esters (lactones) is 2. The van der Waals surface area contributed by atoms with Gasteiger partial charge in [0.2, 0.25) is 0 Å². The number of rotatable bonds is 0. The van der Waals surface area contributed by atoms with Gasteiger partial charge in [-0.2, -0.15) is 10.5 Å². The SMILES string of the molecule is N#Cc1cc2c(c(C#N)c1Br)OC(=O)OC(=O)O2. The molecule has 2 rings (SSSR count). The van der Waals surface area contributed by atoms with Crippen LogP contribution >= 0.6 is 15.9 Å². The van der Waals surface area contributed by atoms with Crippen molar-refractivity contribution in [3.63, 3.8) is 0 Å². The Kier molecular flexibility index (Phi) is 2.88. The summed E-state index contributed by atoms with van der Waals surface area (Å²) in [4.78, 5) is 22.1. The van der Waals surface area contributed by atoms with E-state index in [9.17, 15) is 9.59 Å². The molecule has 0 radical (unpaired) electrons. The van der Waals surface area contributed by atoms with Gasteiger partial charge in [0.1, 0.15) is 17.7 Å². The van der Waals surface area contributed by atoms with E-state index in [-0.39, 0.29) is 27.1 Å². The molecule has 8 heteroatoms. The zero-order valence-corrected chi connectivity index (χ0v) is 9.98. The lowest BCUT2D eigenvalue weighted by Crippen LogP contribution is -2.14. The summed E-state index contributed by atoms with van der Waals surface area (Å²) in [6.45, 7) is 0. The first-order chi connectivity index (χ1) is 8.56. The van der Waals surface area contributed by atoms with Gasteiger partial charge in [0.25, 0.3) is 0 Å². The van der Waals surface area contributed by atoms with Gasteiger partial charge >= 0.3 is 12.3 Å². The highest BCUT2D eigenvalue weighted by Gasteiger charge is 2.29. The van der Waals surface area contributed by atoms with E-state index in [1.165, 1.54) is 0 Å². The Bertz CT molecular complexity index is 656. The molecule has 0 aromatic heterocycles. The fraction of sp³-hybridized carbons (Fsp3) is 0. The maximum Gasteiger partial charge on any atom is 0.524 e. The standard InChI is InChI=1S/C10HBrN2O5/c11-7-4(2-12)1-6-8(5(7)3-13)17-10(15)18-9(14)16-6/h1H. The van der Waals surface area contributed by atoms with Crippen LogP contribution in [0.15, 0.2) is 10.5 Å². The topological polar surface area (TPSA) is 109 Å². The second kappa shape index (κ2) is 4.35. The minimum absolute atomic E-state index is 0.0519. The van der Waals surface area contributed by atoms with Crippen LogP contribution in [0.5, 0.6) is 11.5 Å². The second-order valence-electron chi connectivity index (χ2n) is 2.97. The summed E-state index contributed by atoms with van der Waals surface area (Å²) >= 11 is 3.02. The molecule has 1 aromatic rings. The number of ether oxygens (including phenoxy) is 3. The summed E-state index contributed by atoms with van der Waals surface area (Å²) in [7, 11) is 0. The molecule has 0 saturated carbocycles. The first-order valence-corrected chi connectivity index (χ1v) is 5.14. The van der Waals surface area contributed by atoms with Crippen molar-refractivity contribution in [2.24, 2.45) is 0 Å². The van der Waals surface area contributed by atoms with Gasteiger partial charge in [-0.3, -0.25) is 0 Å². The largest absolute Gasteiger partial charge is 0.524 e. The Balaban J connectivity index is 2.74. The average molecular weight is 309 g/mol. The van der Waals surface area contributed by atoms with Crippen LogP contribution in [0.2, 0.25) is 0 Å². The van der Waals surface area contributed by atoms with Gasteiger partial charge < -0.3 is 14.2 Å². The molecule has 0 N–H and O–H groups in total. The highest BCUT2D eigenvalue weighted by molar-refractivity contribution is 9.10. The third-order valence-electron chi connectivity index (χ3n) is 1.96. The van der Waals surface area contributed by atoms with E-state index < -0.39 is 12.3 Å². The third kappa shape index (κ3) is 1.85. The van der Waals surface area contributed by atoms with Gasteiger partial charge in [-0.05, 0) is 15.9 Å². The van der Waals surface area contributed by atoms with Crippen LogP contribution in [0.3, 0.4) is 0 Å². The number of hydrogen-bond acceptors (Lipinski definition) is 7. The van der Waals surface area contributed by atoms with Gasteiger partial charge in [0, 0.05) is 6.07 Å². The van der Waals surface area contributed by atoms with Crippen molar-refractivity contribution in [2.75, 3.05) is 0 Å². The number of nitriles is 2. The van der Waals surface area contributed by atoms with Gasteiger partial charge in [-0.15, -0.1) is 0 Å². The van der Waals surface area contributed by atoms with Crippen LogP contribution in [-0.4, -0.2) is 12.3 Å². The average Bonchev–Trinajstić information content (AvgIpc) is 2.45. The molecule has 0 fully saturated rings. The molecule has 1 aromatic carbocycles. The molecule has 0 spiro atoms. The van der Waals surface area contributed by atoms with Crippen LogP contribution in [0, 0.1) is 22.7 Å². The molecule has 0 unspecified atom stereocenters. The lowest BCUT2D eigenvalue weighted by atomic mass is 10.1. The van der Waals surface area contributed by atoms with Crippen molar-refractivity contribution < 1.29 is 23.8 Å². The van der Waals surface area contributed by atoms with Gasteiger partial charge in [-0.25, -0.2) is 9.59 Å². The fourth-order valence-corrected chi connectivity index (χ4v) is 1.73. The van der Waals surface area contributed by atoms with Crippen molar-refractivity contribution in [1.82, 2.24) is 0 Å². The summed E-state index contributed by atoms with van der Waals surface area (Å²) < 4.78 is 13.5. The predicted molar refractivity (Wildman–Crippen MR) is 56.7 cm³/mol. The number of fused-ring (bicyclic) bond motifs is 1. The number of hydrogen-bond donors (Lipinski definition) is 0. The van der Waals surface area contributed by atoms with Crippen LogP contribution in [0.4, 0.5) is 9.59 Å². The smallest absolute Gasteiger partial charge is 0.390 e. The van der Waals surface area contributed by atoms with E-state index >= 15 is 0 Å². The lowest BCUT2D eigenvalue weighted by Gasteiger charge is -2.07. The van der Waals surface area contributed by atoms with E-state index in [2.05, 4.69) is 30.1 Å². The monoisotopic (exact) mass is 308 g/mol. The predicted octanol–water partition coefficient (Wildman–Crippen LogP) is 2.22. The lowest BCUT2D eigenvalue weighted by molar-refractivity contribution is 0.0997. The summed E-state index contributed by atoms with van der Waals surface area (Å²) in [6.07, 6.45) is -2.61. The van der Waals surface area contributed by atoms with Gasteiger partial charge in [0.15, 0.2) is 11.5 Å². The zero-order chi connectivity index (χ0) is 13.3. The Labute approximate surface area is 108 Å². The molecule has 18 heavy (non-hydrogen) atoms. The Morgan fingerprint density at radius 1 is 1.06 bits per heavy atom. The van der Waals surface area contributed by atoms with E-state index in [0.717, 1.165) is 6.07 Å².